The summed E-state index contributed by atoms with van der Waals surface area (Å²) in [5.74, 6) is 1.71. The monoisotopic (exact) mass is 819 g/mol. The van der Waals surface area contributed by atoms with Crippen LogP contribution in [0.2, 0.25) is 0 Å². The maximum absolute atomic E-state index is 12.6. The van der Waals surface area contributed by atoms with Crippen LogP contribution in [0.5, 0.6) is 11.5 Å². The van der Waals surface area contributed by atoms with Gasteiger partial charge in [0, 0.05) is 81.2 Å². The molecule has 16 heteroatoms. The number of aryl methyl sites for hydroxylation is 8. The molecule has 1 aliphatic rings. The number of allylic oxidation sites excluding steroid dienone is 2. The van der Waals surface area contributed by atoms with E-state index >= 15 is 0 Å². The van der Waals surface area contributed by atoms with Gasteiger partial charge >= 0.3 is 0 Å². The number of amides is 2. The molecule has 0 unspecified atom stereocenters. The molecule has 0 bridgehead atoms. The number of nitrogens with zero attached hydrogens (tertiary/aromatic N) is 9. The Hall–Kier alpha value is -6.00. The van der Waals surface area contributed by atoms with Gasteiger partial charge in [0.2, 0.25) is 11.8 Å². The summed E-state index contributed by atoms with van der Waals surface area (Å²) >= 11 is 0. The minimum absolute atomic E-state index is 0.334. The van der Waals surface area contributed by atoms with E-state index in [0.29, 0.717) is 66.2 Å². The van der Waals surface area contributed by atoms with Crippen LogP contribution in [-0.2, 0) is 56.6 Å². The lowest BCUT2D eigenvalue weighted by Crippen LogP contribution is -2.37. The molecule has 5 heterocycles. The number of primary amides is 2. The fourth-order valence-corrected chi connectivity index (χ4v) is 8.16. The number of fused-ring (bicyclic) bond motifs is 2. The minimum atomic E-state index is -0.547. The molecule has 1 fully saturated rings. The van der Waals surface area contributed by atoms with Crippen LogP contribution in [0.25, 0.3) is 22.1 Å². The van der Waals surface area contributed by atoms with Gasteiger partial charge in [0.15, 0.2) is 0 Å². The van der Waals surface area contributed by atoms with E-state index in [1.165, 1.54) is 0 Å². The Labute approximate surface area is 350 Å². The number of hydrogen-bond acceptors (Lipinski definition) is 10. The molecule has 4 aromatic heterocycles. The summed E-state index contributed by atoms with van der Waals surface area (Å²) in [7, 11) is 1.58. The van der Waals surface area contributed by atoms with Crippen molar-refractivity contribution in [3.8, 4) is 11.5 Å². The SMILES string of the molecule is CCn1nc(C)cc1CCc1nc2cc(C(N)=O)cc(OC)c2n1C/C=C/Cn1c(CCc2cc(C)nn2CC)nc2cc(C(N)=O)cc(OCCCN3CCOCC3)c21. The van der Waals surface area contributed by atoms with Crippen molar-refractivity contribution in [1.29, 1.82) is 0 Å². The van der Waals surface area contributed by atoms with E-state index in [1.807, 2.05) is 23.2 Å². The first-order valence-corrected chi connectivity index (χ1v) is 20.9. The van der Waals surface area contributed by atoms with Gasteiger partial charge in [-0.3, -0.25) is 23.9 Å². The van der Waals surface area contributed by atoms with Crippen molar-refractivity contribution < 1.29 is 23.8 Å². The Morgan fingerprint density at radius 2 is 1.23 bits per heavy atom. The van der Waals surface area contributed by atoms with E-state index in [0.717, 1.165) is 111 Å². The van der Waals surface area contributed by atoms with Gasteiger partial charge in [0.25, 0.3) is 0 Å². The predicted molar refractivity (Wildman–Crippen MR) is 230 cm³/mol. The molecule has 2 aromatic carbocycles. The van der Waals surface area contributed by atoms with E-state index < -0.39 is 11.8 Å². The maximum Gasteiger partial charge on any atom is 0.248 e. The molecule has 318 valence electrons. The van der Waals surface area contributed by atoms with Crippen molar-refractivity contribution in [2.24, 2.45) is 11.5 Å². The lowest BCUT2D eigenvalue weighted by molar-refractivity contribution is 0.0358. The third-order valence-corrected chi connectivity index (χ3v) is 11.1. The second-order valence-electron chi connectivity index (χ2n) is 15.2. The van der Waals surface area contributed by atoms with Crippen molar-refractivity contribution >= 4 is 33.9 Å². The van der Waals surface area contributed by atoms with Crippen LogP contribution in [0, 0.1) is 13.8 Å². The molecule has 16 nitrogen and oxygen atoms in total. The molecule has 0 radical (unpaired) electrons. The van der Waals surface area contributed by atoms with E-state index in [-0.39, 0.29) is 0 Å². The Balaban J connectivity index is 1.22. The number of hydrogen-bond donors (Lipinski definition) is 2. The summed E-state index contributed by atoms with van der Waals surface area (Å²) in [6.07, 6.45) is 7.78. The molecule has 1 saturated heterocycles. The van der Waals surface area contributed by atoms with Gasteiger partial charge in [0.05, 0.1) is 49.4 Å². The highest BCUT2D eigenvalue weighted by atomic mass is 16.5. The maximum atomic E-state index is 12.6. The summed E-state index contributed by atoms with van der Waals surface area (Å²) in [4.78, 5) is 37.3. The molecule has 0 aliphatic carbocycles. The lowest BCUT2D eigenvalue weighted by Gasteiger charge is -2.26. The molecule has 60 heavy (non-hydrogen) atoms. The number of rotatable bonds is 20. The summed E-state index contributed by atoms with van der Waals surface area (Å²) in [6.45, 7) is 15.3. The quantitative estimate of drug-likeness (QED) is 0.0816. The molecule has 2 amide bonds. The summed E-state index contributed by atoms with van der Waals surface area (Å²) in [5, 5.41) is 9.29. The van der Waals surface area contributed by atoms with Crippen LogP contribution < -0.4 is 20.9 Å². The molecule has 7 rings (SSSR count). The lowest BCUT2D eigenvalue weighted by atomic mass is 10.1. The number of carbonyl (C=O) groups is 2. The van der Waals surface area contributed by atoms with Gasteiger partial charge < -0.3 is 34.8 Å². The first-order valence-electron chi connectivity index (χ1n) is 20.9. The molecule has 1 aliphatic heterocycles. The summed E-state index contributed by atoms with van der Waals surface area (Å²) in [6, 6.07) is 11.1. The van der Waals surface area contributed by atoms with Crippen molar-refractivity contribution in [2.45, 2.75) is 86.0 Å². The van der Waals surface area contributed by atoms with Gasteiger partial charge in [-0.05, 0) is 83.4 Å². The smallest absolute Gasteiger partial charge is 0.248 e. The standard InChI is InChI=1S/C44H57N11O5/c1-6-54-33(23-29(3)49-54)11-13-39-47-35-25-31(43(45)56)27-37(58-5)41(35)52(39)16-8-9-17-53-40(14-12-34-24-30(4)50-55(34)7-2)48-36-26-32(44(46)57)28-38(42(36)53)60-20-10-15-51-18-21-59-22-19-51/h8-9,23-28H,6-7,10-22H2,1-5H3,(H2,45,56)(H2,46,57)/b9-8+. The van der Waals surface area contributed by atoms with Crippen LogP contribution in [0.3, 0.4) is 0 Å². The van der Waals surface area contributed by atoms with Gasteiger partial charge in [-0.25, -0.2) is 9.97 Å². The molecule has 0 atom stereocenters. The minimum Gasteiger partial charge on any atom is -0.494 e. The first kappa shape index (κ1) is 42.1. The first-order chi connectivity index (χ1) is 29.1. The summed E-state index contributed by atoms with van der Waals surface area (Å²) in [5.41, 5.74) is 19.3. The molecule has 0 spiro atoms. The number of morpholine rings is 1. The van der Waals surface area contributed by atoms with Crippen LogP contribution >= 0.6 is 0 Å². The van der Waals surface area contributed by atoms with Crippen LogP contribution in [0.1, 0.15) is 75.4 Å². The van der Waals surface area contributed by atoms with E-state index in [1.54, 1.807) is 31.4 Å². The fourth-order valence-electron chi connectivity index (χ4n) is 8.16. The Kier molecular flexibility index (Phi) is 13.3. The average Bonchev–Trinajstić information content (AvgIpc) is 4.00. The zero-order chi connectivity index (χ0) is 42.3. The largest absolute Gasteiger partial charge is 0.494 e. The second-order valence-corrected chi connectivity index (χ2v) is 15.2. The van der Waals surface area contributed by atoms with Crippen molar-refractivity contribution in [1.82, 2.24) is 43.6 Å². The summed E-state index contributed by atoms with van der Waals surface area (Å²) < 4.78 is 26.2. The zero-order valence-electron chi connectivity index (χ0n) is 35.4. The van der Waals surface area contributed by atoms with Gasteiger partial charge in [-0.1, -0.05) is 12.2 Å². The van der Waals surface area contributed by atoms with E-state index in [9.17, 15) is 9.59 Å². The average molecular weight is 820 g/mol. The van der Waals surface area contributed by atoms with Crippen molar-refractivity contribution in [3.63, 3.8) is 0 Å². The molecule has 4 N–H and O–H groups in total. The third kappa shape index (κ3) is 9.39. The highest BCUT2D eigenvalue weighted by molar-refractivity contribution is 5.99. The Bertz CT molecular complexity index is 2500. The molecule has 6 aromatic rings. The van der Waals surface area contributed by atoms with Gasteiger partial charge in [0.1, 0.15) is 34.2 Å². The third-order valence-electron chi connectivity index (χ3n) is 11.1. The normalized spacial score (nSPS) is 13.6. The topological polar surface area (TPSA) is 188 Å². The fraction of sp³-hybridized carbons (Fsp3) is 0.455. The zero-order valence-corrected chi connectivity index (χ0v) is 35.4. The number of carbonyl (C=O) groups excluding carboxylic acids is 2. The predicted octanol–water partition coefficient (Wildman–Crippen LogP) is 4.57. The van der Waals surface area contributed by atoms with Crippen LogP contribution in [0.4, 0.5) is 0 Å². The highest BCUT2D eigenvalue weighted by Gasteiger charge is 2.21. The number of benzene rings is 2. The van der Waals surface area contributed by atoms with E-state index in [2.05, 4.69) is 62.4 Å². The van der Waals surface area contributed by atoms with Crippen LogP contribution in [0.15, 0.2) is 48.6 Å². The number of imidazole rings is 2. The number of nitrogens with two attached hydrogens (primary N) is 2. The number of aromatic nitrogens is 8. The Morgan fingerprint density at radius 1 is 0.733 bits per heavy atom. The van der Waals surface area contributed by atoms with Gasteiger partial charge in [-0.15, -0.1) is 0 Å². The van der Waals surface area contributed by atoms with Crippen molar-refractivity contribution in [2.75, 3.05) is 46.6 Å². The van der Waals surface area contributed by atoms with E-state index in [4.69, 9.17) is 35.6 Å². The number of methoxy groups -OCH3 is 1. The second kappa shape index (κ2) is 18.9. The number of ether oxygens (including phenoxy) is 3. The van der Waals surface area contributed by atoms with Crippen molar-refractivity contribution in [3.05, 3.63) is 94.1 Å². The molecular formula is C44H57N11O5. The molecule has 0 saturated carbocycles. The molecular weight excluding hydrogens is 763 g/mol. The van der Waals surface area contributed by atoms with Gasteiger partial charge in [-0.2, -0.15) is 10.2 Å². The Morgan fingerprint density at radius 3 is 1.72 bits per heavy atom. The highest BCUT2D eigenvalue weighted by Crippen LogP contribution is 2.32. The van der Waals surface area contributed by atoms with Crippen LogP contribution in [-0.4, -0.2) is 102 Å².